The lowest BCUT2D eigenvalue weighted by atomic mass is 11.0. The predicted octanol–water partition coefficient (Wildman–Crippen LogP) is -0.880. The molecule has 0 rings (SSSR count). The molecule has 0 spiro atoms. The van der Waals surface area contributed by atoms with E-state index in [-0.39, 0.29) is 18.8 Å². The Balaban J connectivity index is -0.0000000200. The number of hydrogen-bond acceptors (Lipinski definition) is 0. The van der Waals surface area contributed by atoms with Gasteiger partial charge in [0.2, 0.25) is 16.3 Å². The predicted molar refractivity (Wildman–Crippen MR) is 31.1 cm³/mol. The van der Waals surface area contributed by atoms with Crippen molar-refractivity contribution in [3.8, 4) is 0 Å². The van der Waals surface area contributed by atoms with Gasteiger partial charge in [-0.25, -0.2) is 0 Å². The van der Waals surface area contributed by atoms with E-state index in [4.69, 9.17) is 0 Å². The normalized spacial score (nSPS) is 4.25. The third-order valence-electron chi connectivity index (χ3n) is 0. The molecule has 0 aromatic heterocycles. The van der Waals surface area contributed by atoms with Crippen LogP contribution >= 0.6 is 0 Å². The van der Waals surface area contributed by atoms with Crippen LogP contribution in [-0.4, -0.2) is 33.7 Å². The molecule has 0 aliphatic carbocycles. The van der Waals surface area contributed by atoms with Crippen molar-refractivity contribution in [3.63, 3.8) is 0 Å². The molecule has 26 valence electrons. The molecule has 0 heterocycles. The van der Waals surface area contributed by atoms with Gasteiger partial charge >= 0.3 is 0 Å². The summed E-state index contributed by atoms with van der Waals surface area (Å²) in [5.41, 5.74) is 0. The molecular formula is C2H12Al2. The Hall–Kier alpha value is 1.06. The first kappa shape index (κ1) is 8.91. The first-order chi connectivity index (χ1) is 1.41. The zero-order valence-corrected chi connectivity index (χ0v) is 4.71. The van der Waals surface area contributed by atoms with Gasteiger partial charge in [0, 0.05) is 1.43 Å². The van der Waals surface area contributed by atoms with E-state index in [2.05, 4.69) is 6.92 Å². The third kappa shape index (κ3) is 11.5. The second-order valence-corrected chi connectivity index (χ2v) is 2.12. The standard InChI is InChI=1S/C2H5.2Al.H2.5H/c1-2;;;;;;;;/h1H2,2H3;;;1H;;;;;. The molecule has 0 N–H and O–H groups in total. The van der Waals surface area contributed by atoms with Gasteiger partial charge in [-0.1, -0.05) is 6.92 Å². The largest absolute Gasteiger partial charge is 0.211 e. The van der Waals surface area contributed by atoms with E-state index in [0.717, 1.165) is 0 Å². The topological polar surface area (TPSA) is 0 Å². The highest BCUT2D eigenvalue weighted by Crippen LogP contribution is 1.49. The molecule has 0 aliphatic rings. The molecule has 0 atom stereocenters. The molecule has 0 aliphatic heterocycles. The van der Waals surface area contributed by atoms with Crippen LogP contribution in [0.4, 0.5) is 0 Å². The van der Waals surface area contributed by atoms with E-state index in [1.165, 1.54) is 21.6 Å². The molecule has 0 saturated heterocycles. The quantitative estimate of drug-likeness (QED) is 0.339. The van der Waals surface area contributed by atoms with Crippen LogP contribution < -0.4 is 0 Å². The van der Waals surface area contributed by atoms with Crippen LogP contribution in [-0.2, 0) is 0 Å². The maximum atomic E-state index is 2.19. The fourth-order valence-electron chi connectivity index (χ4n) is 0. The Kier molecular flexibility index (Phi) is 19.9. The van der Waals surface area contributed by atoms with Gasteiger partial charge < -0.3 is 0 Å². The first-order valence-corrected chi connectivity index (χ1v) is 2.83. The Morgan fingerprint density at radius 1 is 2.00 bits per heavy atom. The molecule has 0 aromatic rings. The van der Waals surface area contributed by atoms with Gasteiger partial charge in [0.15, 0.2) is 17.4 Å². The molecule has 2 heteroatoms. The fourth-order valence-corrected chi connectivity index (χ4v) is 0. The van der Waals surface area contributed by atoms with E-state index in [0.29, 0.717) is 0 Å². The highest BCUT2D eigenvalue weighted by atomic mass is 27.0. The van der Waals surface area contributed by atoms with Gasteiger partial charge in [0.25, 0.3) is 0 Å². The van der Waals surface area contributed by atoms with Gasteiger partial charge in [0.05, 0.1) is 0 Å². The maximum Gasteiger partial charge on any atom is 0.211 e. The summed E-state index contributed by atoms with van der Waals surface area (Å²) < 4.78 is 0. The Bertz CT molecular complexity index is 7.61. The lowest BCUT2D eigenvalue weighted by molar-refractivity contribution is 1.48. The van der Waals surface area contributed by atoms with Gasteiger partial charge in [-0.2, -0.15) is 0 Å². The Labute approximate surface area is 47.6 Å². The van der Waals surface area contributed by atoms with Gasteiger partial charge in [-0.15, -0.1) is 5.28 Å². The highest BCUT2D eigenvalue weighted by Gasteiger charge is 1.41. The molecular weight excluding hydrogens is 78.0 g/mol. The summed E-state index contributed by atoms with van der Waals surface area (Å²) in [6.07, 6.45) is 0. The van der Waals surface area contributed by atoms with Crippen molar-refractivity contribution in [2.45, 2.75) is 12.2 Å². The van der Waals surface area contributed by atoms with Crippen LogP contribution in [0, 0.1) is 0 Å². The van der Waals surface area contributed by atoms with E-state index in [9.17, 15) is 0 Å². The average molecular weight is 90.1 g/mol. The first-order valence-electron chi connectivity index (χ1n) is 1.41. The smallest absolute Gasteiger partial charge is 0.104 e. The molecule has 0 fully saturated rings. The van der Waals surface area contributed by atoms with Crippen molar-refractivity contribution in [1.29, 1.82) is 0 Å². The highest BCUT2D eigenvalue weighted by molar-refractivity contribution is 6.08. The maximum absolute atomic E-state index is 2.19. The SMILES string of the molecule is C[CH2][AlH2].[AlH3].[HH]. The summed E-state index contributed by atoms with van der Waals surface area (Å²) in [6.45, 7) is 2.19. The van der Waals surface area contributed by atoms with Gasteiger partial charge in [-0.05, 0) is 0 Å². The lowest BCUT2D eigenvalue weighted by Crippen LogP contribution is -1.41. The third-order valence-corrected chi connectivity index (χ3v) is 0. The molecule has 0 radical (unpaired) electrons. The van der Waals surface area contributed by atoms with Crippen LogP contribution in [0.1, 0.15) is 8.35 Å². The van der Waals surface area contributed by atoms with E-state index < -0.39 is 0 Å². The van der Waals surface area contributed by atoms with Gasteiger partial charge in [-0.3, -0.25) is 0 Å². The zero-order valence-electron chi connectivity index (χ0n) is 2.71. The minimum Gasteiger partial charge on any atom is -0.104 e. The van der Waals surface area contributed by atoms with Crippen LogP contribution in [0.2, 0.25) is 5.28 Å². The van der Waals surface area contributed by atoms with Crippen molar-refractivity contribution in [2.24, 2.45) is 0 Å². The number of hydrogen-bond donors (Lipinski definition) is 0. The summed E-state index contributed by atoms with van der Waals surface area (Å²) in [4.78, 5) is 0. The summed E-state index contributed by atoms with van der Waals surface area (Å²) >= 11 is 1.37. The van der Waals surface area contributed by atoms with E-state index in [1.54, 1.807) is 0 Å². The van der Waals surface area contributed by atoms with Gasteiger partial charge in [0.1, 0.15) is 0 Å². The zero-order chi connectivity index (χ0) is 2.71. The Morgan fingerprint density at radius 3 is 2.00 bits per heavy atom. The molecule has 0 bridgehead atoms. The van der Waals surface area contributed by atoms with E-state index in [1.807, 2.05) is 0 Å². The minimum atomic E-state index is 0. The second kappa shape index (κ2) is 8.96. The summed E-state index contributed by atoms with van der Waals surface area (Å²) in [7, 11) is 0. The monoisotopic (exact) mass is 90.1 g/mol. The summed E-state index contributed by atoms with van der Waals surface area (Å²) in [5, 5.41) is 1.39. The molecule has 0 nitrogen and oxygen atoms in total. The summed E-state index contributed by atoms with van der Waals surface area (Å²) in [5.74, 6) is 0. The Morgan fingerprint density at radius 2 is 2.00 bits per heavy atom. The van der Waals surface area contributed by atoms with Crippen molar-refractivity contribution < 1.29 is 1.43 Å². The lowest BCUT2D eigenvalue weighted by Gasteiger charge is -1.44. The molecule has 0 amide bonds. The van der Waals surface area contributed by atoms with Crippen LogP contribution in [0.15, 0.2) is 0 Å². The molecule has 0 unspecified atom stereocenters. The molecule has 0 saturated carbocycles. The van der Waals surface area contributed by atoms with Crippen molar-refractivity contribution >= 4 is 33.7 Å². The van der Waals surface area contributed by atoms with Crippen LogP contribution in [0.5, 0.6) is 0 Å². The van der Waals surface area contributed by atoms with E-state index >= 15 is 0 Å². The second-order valence-electron chi connectivity index (χ2n) is 0.707. The van der Waals surface area contributed by atoms with Crippen molar-refractivity contribution in [2.75, 3.05) is 0 Å². The molecule has 0 aromatic carbocycles. The molecule has 4 heavy (non-hydrogen) atoms. The summed E-state index contributed by atoms with van der Waals surface area (Å²) in [6, 6.07) is 0. The van der Waals surface area contributed by atoms with Crippen molar-refractivity contribution in [3.05, 3.63) is 0 Å². The van der Waals surface area contributed by atoms with Crippen LogP contribution in [0.3, 0.4) is 0 Å². The fraction of sp³-hybridized carbons (Fsp3) is 1.00. The van der Waals surface area contributed by atoms with Crippen molar-refractivity contribution in [1.82, 2.24) is 0 Å². The minimum absolute atomic E-state index is 0. The number of rotatable bonds is 0. The average Bonchev–Trinajstić information content (AvgIpc) is 0.918. The van der Waals surface area contributed by atoms with Crippen LogP contribution in [0.25, 0.3) is 0 Å².